The molecule has 5 rings (SSSR count). The fraction of sp³-hybridized carbons (Fsp3) is 0.0625. The molecule has 1 aromatic carbocycles. The van der Waals surface area contributed by atoms with Crippen LogP contribution < -0.4 is 22.6 Å². The highest BCUT2D eigenvalue weighted by Crippen LogP contribution is 2.28. The van der Waals surface area contributed by atoms with E-state index in [2.05, 4.69) is 40.6 Å². The van der Waals surface area contributed by atoms with Gasteiger partial charge >= 0.3 is 0 Å². The standard InChI is InChI=1S/C16H10Cl2N12O3/c17-4-1-2-5(6(18)3-4)10(31)7(8-11(32)27-29-13(19)23-25-15(29)21-8)9-12(33)28-30-14(20)24-26-16(30)22-9/h1-3,7H,(H2,19,23)(H2,20,24)(H,27,32)(H,28,33). The second-order valence-electron chi connectivity index (χ2n) is 6.68. The number of fused-ring (bicyclic) bond motifs is 2. The largest absolute Gasteiger partial charge is 0.366 e. The maximum atomic E-state index is 13.6. The Bertz CT molecular complexity index is 1610. The third-order valence-electron chi connectivity index (χ3n) is 4.68. The van der Waals surface area contributed by atoms with Crippen molar-refractivity contribution in [3.05, 3.63) is 65.9 Å². The summed E-state index contributed by atoms with van der Waals surface area (Å²) in [5.41, 5.74) is 8.75. The summed E-state index contributed by atoms with van der Waals surface area (Å²) in [4.78, 5) is 47.6. The van der Waals surface area contributed by atoms with Crippen LogP contribution in [0.15, 0.2) is 27.8 Å². The van der Waals surface area contributed by atoms with Crippen LogP contribution in [0.1, 0.15) is 27.7 Å². The third kappa shape index (κ3) is 3.26. The quantitative estimate of drug-likeness (QED) is 0.234. The maximum absolute atomic E-state index is 13.6. The number of aromatic amines is 2. The van der Waals surface area contributed by atoms with Crippen molar-refractivity contribution >= 4 is 52.4 Å². The summed E-state index contributed by atoms with van der Waals surface area (Å²) in [5.74, 6) is -2.90. The average Bonchev–Trinajstić information content (AvgIpc) is 3.30. The zero-order chi connectivity index (χ0) is 23.4. The molecule has 166 valence electrons. The average molecular weight is 489 g/mol. The van der Waals surface area contributed by atoms with Gasteiger partial charge in [-0.3, -0.25) is 24.6 Å². The number of hydrogen-bond acceptors (Lipinski definition) is 11. The van der Waals surface area contributed by atoms with E-state index in [4.69, 9.17) is 34.7 Å². The number of nitrogen functional groups attached to an aromatic ring is 2. The van der Waals surface area contributed by atoms with Crippen LogP contribution in [0.5, 0.6) is 0 Å². The molecule has 4 aromatic heterocycles. The monoisotopic (exact) mass is 488 g/mol. The summed E-state index contributed by atoms with van der Waals surface area (Å²) in [7, 11) is 0. The van der Waals surface area contributed by atoms with Crippen molar-refractivity contribution in [1.82, 2.24) is 49.6 Å². The number of nitrogens with one attached hydrogen (secondary N) is 2. The van der Waals surface area contributed by atoms with Crippen LogP contribution in [0.2, 0.25) is 10.0 Å². The first kappa shape index (κ1) is 20.5. The van der Waals surface area contributed by atoms with E-state index in [-0.39, 0.29) is 39.1 Å². The van der Waals surface area contributed by atoms with Crippen LogP contribution in [0.25, 0.3) is 11.6 Å². The molecule has 0 bridgehead atoms. The van der Waals surface area contributed by atoms with Crippen molar-refractivity contribution in [3.63, 3.8) is 0 Å². The second-order valence-corrected chi connectivity index (χ2v) is 7.53. The van der Waals surface area contributed by atoms with Crippen LogP contribution in [0, 0.1) is 0 Å². The molecular formula is C16H10Cl2N12O3. The zero-order valence-electron chi connectivity index (χ0n) is 16.0. The molecule has 4 heterocycles. The molecule has 0 spiro atoms. The van der Waals surface area contributed by atoms with Crippen molar-refractivity contribution in [2.75, 3.05) is 11.5 Å². The number of halogens is 2. The molecule has 15 nitrogen and oxygen atoms in total. The van der Waals surface area contributed by atoms with E-state index in [1.165, 1.54) is 18.2 Å². The highest BCUT2D eigenvalue weighted by atomic mass is 35.5. The van der Waals surface area contributed by atoms with E-state index in [9.17, 15) is 14.4 Å². The van der Waals surface area contributed by atoms with Crippen LogP contribution in [-0.4, -0.2) is 55.4 Å². The number of nitrogens with zero attached hydrogens (tertiary/aromatic N) is 8. The number of carbonyl (C=O) groups excluding carboxylic acids is 1. The molecule has 0 aliphatic carbocycles. The predicted molar refractivity (Wildman–Crippen MR) is 114 cm³/mol. The van der Waals surface area contributed by atoms with E-state index < -0.39 is 34.2 Å². The van der Waals surface area contributed by atoms with Gasteiger partial charge in [0, 0.05) is 10.6 Å². The van der Waals surface area contributed by atoms with E-state index in [0.29, 0.717) is 0 Å². The lowest BCUT2D eigenvalue weighted by atomic mass is 9.91. The van der Waals surface area contributed by atoms with Gasteiger partial charge in [-0.2, -0.15) is 9.03 Å². The minimum atomic E-state index is -1.62. The van der Waals surface area contributed by atoms with Crippen molar-refractivity contribution in [2.24, 2.45) is 0 Å². The number of nitrogens with two attached hydrogens (primary N) is 2. The molecule has 0 radical (unpaired) electrons. The molecule has 17 heteroatoms. The van der Waals surface area contributed by atoms with Crippen LogP contribution >= 0.6 is 23.2 Å². The number of carbonyl (C=O) groups is 1. The van der Waals surface area contributed by atoms with Crippen LogP contribution in [0.3, 0.4) is 0 Å². The van der Waals surface area contributed by atoms with Crippen molar-refractivity contribution < 1.29 is 4.79 Å². The summed E-state index contributed by atoms with van der Waals surface area (Å²) in [6.07, 6.45) is 0. The summed E-state index contributed by atoms with van der Waals surface area (Å²) >= 11 is 12.1. The maximum Gasteiger partial charge on any atom is 0.286 e. The molecule has 33 heavy (non-hydrogen) atoms. The number of rotatable bonds is 4. The molecule has 0 fully saturated rings. The molecule has 0 aliphatic rings. The number of ketones is 1. The van der Waals surface area contributed by atoms with Gasteiger partial charge < -0.3 is 11.5 Å². The van der Waals surface area contributed by atoms with Gasteiger partial charge in [-0.1, -0.05) is 23.2 Å². The lowest BCUT2D eigenvalue weighted by Crippen LogP contribution is -2.33. The normalized spacial score (nSPS) is 11.6. The lowest BCUT2D eigenvalue weighted by molar-refractivity contribution is 0.0970. The molecule has 5 aromatic rings. The lowest BCUT2D eigenvalue weighted by Gasteiger charge is -2.15. The fourth-order valence-electron chi connectivity index (χ4n) is 3.18. The van der Waals surface area contributed by atoms with E-state index >= 15 is 0 Å². The van der Waals surface area contributed by atoms with Gasteiger partial charge in [0.2, 0.25) is 11.9 Å². The summed E-state index contributed by atoms with van der Waals surface area (Å²) in [5, 5.41) is 19.8. The van der Waals surface area contributed by atoms with Gasteiger partial charge in [-0.15, -0.1) is 20.4 Å². The zero-order valence-corrected chi connectivity index (χ0v) is 17.5. The minimum Gasteiger partial charge on any atom is -0.366 e. The van der Waals surface area contributed by atoms with E-state index in [1.807, 2.05) is 0 Å². The Balaban J connectivity index is 1.80. The topological polar surface area (TPSA) is 221 Å². The van der Waals surface area contributed by atoms with Gasteiger partial charge in [0.05, 0.1) is 5.02 Å². The molecule has 0 atom stereocenters. The highest BCUT2D eigenvalue weighted by molar-refractivity contribution is 6.37. The summed E-state index contributed by atoms with van der Waals surface area (Å²) in [6, 6.07) is 4.12. The molecule has 0 unspecified atom stereocenters. The first-order valence-electron chi connectivity index (χ1n) is 8.95. The SMILES string of the molecule is Nc1nnc2nc(C(C(=O)c3ccc(Cl)cc3Cl)c3nc4nnc(N)n4[nH]c3=O)c(=O)[nH]n12. The Hall–Kier alpha value is -4.37. The molecule has 0 saturated heterocycles. The first-order valence-corrected chi connectivity index (χ1v) is 9.71. The smallest absolute Gasteiger partial charge is 0.286 e. The Morgan fingerprint density at radius 3 is 1.88 bits per heavy atom. The Morgan fingerprint density at radius 2 is 1.39 bits per heavy atom. The van der Waals surface area contributed by atoms with E-state index in [0.717, 1.165) is 9.03 Å². The number of Topliss-reactive ketones (excluding diaryl/α,β-unsaturated/α-hetero) is 1. The van der Waals surface area contributed by atoms with Crippen molar-refractivity contribution in [3.8, 4) is 0 Å². The first-order chi connectivity index (χ1) is 15.7. The number of anilines is 2. The molecule has 0 saturated carbocycles. The second kappa shape index (κ2) is 7.35. The van der Waals surface area contributed by atoms with Crippen molar-refractivity contribution in [2.45, 2.75) is 5.92 Å². The van der Waals surface area contributed by atoms with Gasteiger partial charge in [-0.05, 0) is 18.2 Å². The number of H-pyrrole nitrogens is 2. The van der Waals surface area contributed by atoms with Gasteiger partial charge in [0.25, 0.3) is 22.7 Å². The number of benzene rings is 1. The Morgan fingerprint density at radius 1 is 0.879 bits per heavy atom. The van der Waals surface area contributed by atoms with Gasteiger partial charge in [-0.25, -0.2) is 9.97 Å². The Labute approximate surface area is 190 Å². The molecule has 0 amide bonds. The number of hydrogen-bond donors (Lipinski definition) is 4. The highest BCUT2D eigenvalue weighted by Gasteiger charge is 2.34. The van der Waals surface area contributed by atoms with Gasteiger partial charge in [0.15, 0.2) is 5.78 Å². The molecule has 0 aliphatic heterocycles. The van der Waals surface area contributed by atoms with Crippen LogP contribution in [-0.2, 0) is 0 Å². The predicted octanol–water partition coefficient (Wildman–Crippen LogP) is -0.575. The summed E-state index contributed by atoms with van der Waals surface area (Å²) in [6.45, 7) is 0. The van der Waals surface area contributed by atoms with Crippen molar-refractivity contribution in [1.29, 1.82) is 0 Å². The molecular weight excluding hydrogens is 479 g/mol. The molecule has 6 N–H and O–H groups in total. The Kier molecular flexibility index (Phi) is 4.57. The van der Waals surface area contributed by atoms with Gasteiger partial charge in [0.1, 0.15) is 17.3 Å². The fourth-order valence-corrected chi connectivity index (χ4v) is 3.69. The number of aromatic nitrogens is 10. The summed E-state index contributed by atoms with van der Waals surface area (Å²) < 4.78 is 2.03. The van der Waals surface area contributed by atoms with E-state index in [1.54, 1.807) is 0 Å². The minimum absolute atomic E-state index is 0.00837. The van der Waals surface area contributed by atoms with Crippen LogP contribution in [0.4, 0.5) is 11.9 Å². The third-order valence-corrected chi connectivity index (χ3v) is 5.23.